The average molecular weight is 202 g/mol. The van der Waals surface area contributed by atoms with Crippen molar-refractivity contribution in [2.45, 2.75) is 12.1 Å². The molecule has 1 aliphatic heterocycles. The number of carbonyl (C=O) groups is 2. The van der Waals surface area contributed by atoms with Crippen LogP contribution in [0.25, 0.3) is 0 Å². The van der Waals surface area contributed by atoms with Crippen molar-refractivity contribution in [3.05, 3.63) is 0 Å². The van der Waals surface area contributed by atoms with Crippen LogP contribution in [-0.2, 0) is 19.1 Å². The van der Waals surface area contributed by atoms with Gasteiger partial charge in [-0.25, -0.2) is 0 Å². The van der Waals surface area contributed by atoms with Crippen molar-refractivity contribution in [3.8, 4) is 0 Å². The summed E-state index contributed by atoms with van der Waals surface area (Å²) in [6.45, 7) is 1.24. The Hall–Kier alpha value is -1.14. The third-order valence-electron chi connectivity index (χ3n) is 2.10. The van der Waals surface area contributed by atoms with E-state index in [2.05, 4.69) is 20.1 Å². The molecule has 0 saturated carbocycles. The minimum absolute atomic E-state index is 0.465. The summed E-state index contributed by atoms with van der Waals surface area (Å²) >= 11 is 0. The smallest absolute Gasteiger partial charge is 0.325 e. The van der Waals surface area contributed by atoms with Gasteiger partial charge in [0.05, 0.1) is 14.2 Å². The van der Waals surface area contributed by atoms with Gasteiger partial charge in [-0.05, 0) is 0 Å². The van der Waals surface area contributed by atoms with Crippen molar-refractivity contribution in [2.24, 2.45) is 0 Å². The highest BCUT2D eigenvalue weighted by molar-refractivity contribution is 5.87. The molecule has 0 radical (unpaired) electrons. The number of nitrogens with one attached hydrogen (secondary N) is 2. The van der Waals surface area contributed by atoms with Crippen LogP contribution < -0.4 is 10.6 Å². The monoisotopic (exact) mass is 202 g/mol. The molecule has 0 aromatic heterocycles. The van der Waals surface area contributed by atoms with E-state index in [-0.39, 0.29) is 0 Å². The Balaban J connectivity index is 2.68. The average Bonchev–Trinajstić information content (AvgIpc) is 2.27. The Morgan fingerprint density at radius 3 is 1.64 bits per heavy atom. The Kier molecular flexibility index (Phi) is 3.84. The number of carbonyl (C=O) groups excluding carboxylic acids is 2. The molecule has 6 nitrogen and oxygen atoms in total. The minimum Gasteiger partial charge on any atom is -0.468 e. The van der Waals surface area contributed by atoms with Crippen LogP contribution in [0.1, 0.15) is 0 Å². The molecule has 1 rings (SSSR count). The van der Waals surface area contributed by atoms with Crippen LogP contribution in [-0.4, -0.2) is 51.3 Å². The summed E-state index contributed by atoms with van der Waals surface area (Å²) in [6, 6.07) is -1.33. The number of piperazine rings is 1. The zero-order chi connectivity index (χ0) is 10.6. The second kappa shape index (κ2) is 4.92. The molecular weight excluding hydrogens is 188 g/mol. The first-order chi connectivity index (χ1) is 6.70. The molecule has 1 aliphatic rings. The molecule has 0 aliphatic carbocycles. The van der Waals surface area contributed by atoms with Crippen molar-refractivity contribution in [3.63, 3.8) is 0 Å². The lowest BCUT2D eigenvalue weighted by Gasteiger charge is -2.29. The van der Waals surface area contributed by atoms with Gasteiger partial charge in [-0.3, -0.25) is 9.59 Å². The molecule has 14 heavy (non-hydrogen) atoms. The molecule has 1 heterocycles. The Bertz CT molecular complexity index is 207. The number of ether oxygens (including phenoxy) is 2. The van der Waals surface area contributed by atoms with Gasteiger partial charge in [0.25, 0.3) is 0 Å². The predicted octanol–water partition coefficient (Wildman–Crippen LogP) is -1.74. The summed E-state index contributed by atoms with van der Waals surface area (Å²) in [5.74, 6) is -0.930. The highest BCUT2D eigenvalue weighted by Crippen LogP contribution is 2.02. The third-order valence-corrected chi connectivity index (χ3v) is 2.10. The van der Waals surface area contributed by atoms with Crippen LogP contribution in [0.3, 0.4) is 0 Å². The van der Waals surface area contributed by atoms with Crippen molar-refractivity contribution in [1.82, 2.24) is 10.6 Å². The van der Waals surface area contributed by atoms with E-state index in [4.69, 9.17) is 0 Å². The molecule has 0 amide bonds. The van der Waals surface area contributed by atoms with Gasteiger partial charge in [-0.15, -0.1) is 0 Å². The normalized spacial score (nSPS) is 26.7. The zero-order valence-corrected chi connectivity index (χ0v) is 8.20. The van der Waals surface area contributed by atoms with Gasteiger partial charge in [-0.2, -0.15) is 0 Å². The second-order valence-corrected chi connectivity index (χ2v) is 2.91. The zero-order valence-electron chi connectivity index (χ0n) is 8.20. The minimum atomic E-state index is -0.666. The maximum absolute atomic E-state index is 11.3. The molecule has 1 saturated heterocycles. The lowest BCUT2D eigenvalue weighted by Crippen LogP contribution is -2.62. The van der Waals surface area contributed by atoms with E-state index < -0.39 is 24.0 Å². The van der Waals surface area contributed by atoms with Crippen LogP contribution in [0.5, 0.6) is 0 Å². The van der Waals surface area contributed by atoms with Gasteiger partial charge in [0, 0.05) is 13.1 Å². The second-order valence-electron chi connectivity index (χ2n) is 2.91. The van der Waals surface area contributed by atoms with Gasteiger partial charge in [-0.1, -0.05) is 0 Å². The van der Waals surface area contributed by atoms with Crippen molar-refractivity contribution >= 4 is 11.9 Å². The number of esters is 2. The fraction of sp³-hybridized carbons (Fsp3) is 0.750. The van der Waals surface area contributed by atoms with Crippen LogP contribution in [0, 0.1) is 0 Å². The molecule has 1 fully saturated rings. The Labute approximate surface area is 81.9 Å². The first-order valence-corrected chi connectivity index (χ1v) is 4.33. The predicted molar refractivity (Wildman–Crippen MR) is 47.6 cm³/mol. The highest BCUT2D eigenvalue weighted by Gasteiger charge is 2.36. The summed E-state index contributed by atoms with van der Waals surface area (Å²) < 4.78 is 9.13. The quantitative estimate of drug-likeness (QED) is 0.518. The summed E-state index contributed by atoms with van der Waals surface area (Å²) in [7, 11) is 2.57. The van der Waals surface area contributed by atoms with E-state index in [0.717, 1.165) is 0 Å². The topological polar surface area (TPSA) is 76.7 Å². The lowest BCUT2D eigenvalue weighted by atomic mass is 10.1. The van der Waals surface area contributed by atoms with Crippen LogP contribution in [0.2, 0.25) is 0 Å². The van der Waals surface area contributed by atoms with E-state index in [0.29, 0.717) is 13.1 Å². The molecule has 0 aromatic carbocycles. The first kappa shape index (κ1) is 10.9. The van der Waals surface area contributed by atoms with Crippen LogP contribution in [0.15, 0.2) is 0 Å². The maximum Gasteiger partial charge on any atom is 0.325 e. The first-order valence-electron chi connectivity index (χ1n) is 4.33. The summed E-state index contributed by atoms with van der Waals surface area (Å²) in [4.78, 5) is 22.5. The lowest BCUT2D eigenvalue weighted by molar-refractivity contribution is -0.153. The maximum atomic E-state index is 11.3. The van der Waals surface area contributed by atoms with Crippen molar-refractivity contribution < 1.29 is 19.1 Å². The van der Waals surface area contributed by atoms with E-state index >= 15 is 0 Å². The van der Waals surface area contributed by atoms with E-state index in [9.17, 15) is 9.59 Å². The highest BCUT2D eigenvalue weighted by atomic mass is 16.5. The Morgan fingerprint density at radius 1 is 1.00 bits per heavy atom. The van der Waals surface area contributed by atoms with Crippen LogP contribution >= 0.6 is 0 Å². The number of hydrogen-bond donors (Lipinski definition) is 2. The van der Waals surface area contributed by atoms with Gasteiger partial charge in [0.15, 0.2) is 0 Å². The molecule has 2 N–H and O–H groups in total. The van der Waals surface area contributed by atoms with E-state index in [1.807, 2.05) is 0 Å². The fourth-order valence-corrected chi connectivity index (χ4v) is 1.38. The van der Waals surface area contributed by atoms with Crippen LogP contribution in [0.4, 0.5) is 0 Å². The molecule has 80 valence electrons. The molecular formula is C8H14N2O4. The SMILES string of the molecule is COC(=O)C1NCCNC1C(=O)OC. The number of rotatable bonds is 2. The van der Waals surface area contributed by atoms with Crippen molar-refractivity contribution in [1.29, 1.82) is 0 Å². The summed E-state index contributed by atoms with van der Waals surface area (Å²) in [6.07, 6.45) is 0. The molecule has 0 bridgehead atoms. The number of hydrogen-bond acceptors (Lipinski definition) is 6. The summed E-state index contributed by atoms with van der Waals surface area (Å²) in [5, 5.41) is 5.79. The largest absolute Gasteiger partial charge is 0.468 e. The molecule has 0 spiro atoms. The molecule has 2 atom stereocenters. The van der Waals surface area contributed by atoms with Crippen molar-refractivity contribution in [2.75, 3.05) is 27.3 Å². The van der Waals surface area contributed by atoms with E-state index in [1.165, 1.54) is 14.2 Å². The van der Waals surface area contributed by atoms with Gasteiger partial charge < -0.3 is 20.1 Å². The standard InChI is InChI=1S/C8H14N2O4/c1-13-7(11)5-6(8(12)14-2)10-4-3-9-5/h5-6,9-10H,3-4H2,1-2H3. The van der Waals surface area contributed by atoms with Gasteiger partial charge in [0.2, 0.25) is 0 Å². The Morgan fingerprint density at radius 2 is 1.36 bits per heavy atom. The number of methoxy groups -OCH3 is 2. The van der Waals surface area contributed by atoms with Gasteiger partial charge >= 0.3 is 11.9 Å². The molecule has 0 aromatic rings. The van der Waals surface area contributed by atoms with E-state index in [1.54, 1.807) is 0 Å². The van der Waals surface area contributed by atoms with Gasteiger partial charge in [0.1, 0.15) is 12.1 Å². The molecule has 2 unspecified atom stereocenters. The third kappa shape index (κ3) is 2.21. The fourth-order valence-electron chi connectivity index (χ4n) is 1.38. The molecule has 6 heteroatoms. The summed E-state index contributed by atoms with van der Waals surface area (Å²) in [5.41, 5.74) is 0.